The summed E-state index contributed by atoms with van der Waals surface area (Å²) in [6.45, 7) is 8.23. The molecule has 4 atom stereocenters. The molecule has 0 bridgehead atoms. The number of alkyl halides is 4. The van der Waals surface area contributed by atoms with Gasteiger partial charge in [-0.25, -0.2) is 19.6 Å². The molecule has 4 heterocycles. The number of rotatable bonds is 10. The second kappa shape index (κ2) is 16.5. The summed E-state index contributed by atoms with van der Waals surface area (Å²) in [4.78, 5) is 71.0. The van der Waals surface area contributed by atoms with E-state index in [4.69, 9.17) is 14.5 Å². The zero-order valence-corrected chi connectivity index (χ0v) is 37.4. The molecule has 4 amide bonds. The molecule has 2 aliphatic heterocycles. The molecule has 4 N–H and O–H groups in total. The molecule has 2 saturated heterocycles. The zero-order valence-electron chi connectivity index (χ0n) is 37.4. The van der Waals surface area contributed by atoms with Gasteiger partial charge in [-0.05, 0) is 95.9 Å². The molecule has 1 saturated carbocycles. The minimum Gasteiger partial charge on any atom is -0.453 e. The van der Waals surface area contributed by atoms with E-state index in [1.807, 2.05) is 27.7 Å². The maximum Gasteiger partial charge on any atom is 0.407 e. The number of aromatic amines is 2. The Bertz CT molecular complexity index is 2750. The molecular formula is C48H52F4N8O6. The minimum atomic E-state index is -4.59. The Morgan fingerprint density at radius 3 is 1.88 bits per heavy atom. The number of ether oxygens (including phenoxy) is 2. The van der Waals surface area contributed by atoms with Crippen molar-refractivity contribution in [2.45, 2.75) is 95.8 Å². The fourth-order valence-electron chi connectivity index (χ4n) is 9.92. The third-order valence-corrected chi connectivity index (χ3v) is 13.8. The maximum atomic E-state index is 16.3. The summed E-state index contributed by atoms with van der Waals surface area (Å²) in [5.74, 6) is -9.23. The summed E-state index contributed by atoms with van der Waals surface area (Å²) >= 11 is 0. The highest BCUT2D eigenvalue weighted by molar-refractivity contribution is 5.88. The van der Waals surface area contributed by atoms with Crippen LogP contribution in [-0.4, -0.2) is 93.1 Å². The second-order valence-corrected chi connectivity index (χ2v) is 18.8. The van der Waals surface area contributed by atoms with Gasteiger partial charge in [0, 0.05) is 29.8 Å². The molecule has 18 heteroatoms. The van der Waals surface area contributed by atoms with E-state index in [9.17, 15) is 19.2 Å². The van der Waals surface area contributed by atoms with E-state index in [2.05, 4.69) is 25.6 Å². The standard InChI is InChI=1S/C48H52F4N8O6/c1-24(2)38(57-44(63)65-5)42(61)59-17-7-8-36(59)41-54-33-14-11-27(20-34(33)55-41)26-9-12-29-30-13-10-28(19-32(30)48(51,52)47(49,50)31(29)18-26)35-22-53-40(56-35)37-21-46(15-16-46)23-60(37)43(62)39(25(3)4)58-45(64)66-6/h9-14,18-20,22,24-25,36-39H,7-8,15-17,21,23H2,1-6H3,(H,53,56)(H,54,55)(H,57,63)(H,58,64)/t36-,37+,38+,39+/m1/s1. The van der Waals surface area contributed by atoms with E-state index in [0.29, 0.717) is 71.9 Å². The summed E-state index contributed by atoms with van der Waals surface area (Å²) < 4.78 is 74.8. The largest absolute Gasteiger partial charge is 0.453 e. The predicted molar refractivity (Wildman–Crippen MR) is 235 cm³/mol. The van der Waals surface area contributed by atoms with E-state index in [1.54, 1.807) is 40.1 Å². The van der Waals surface area contributed by atoms with Crippen molar-refractivity contribution >= 4 is 35.0 Å². The summed E-state index contributed by atoms with van der Waals surface area (Å²) in [5.41, 5.74) is 0.728. The van der Waals surface area contributed by atoms with Gasteiger partial charge >= 0.3 is 24.0 Å². The highest BCUT2D eigenvalue weighted by Crippen LogP contribution is 2.60. The second-order valence-electron chi connectivity index (χ2n) is 18.8. The molecule has 3 fully saturated rings. The topological polar surface area (TPSA) is 175 Å². The first kappa shape index (κ1) is 44.7. The van der Waals surface area contributed by atoms with Crippen LogP contribution in [0.15, 0.2) is 60.8 Å². The van der Waals surface area contributed by atoms with Gasteiger partial charge in [-0.15, -0.1) is 0 Å². The lowest BCUT2D eigenvalue weighted by atomic mass is 9.78. The third kappa shape index (κ3) is 7.60. The Labute approximate surface area is 378 Å². The number of hydrogen-bond donors (Lipinski definition) is 4. The Hall–Kier alpha value is -6.46. The quantitative estimate of drug-likeness (QED) is 0.101. The number of aromatic nitrogens is 4. The van der Waals surface area contributed by atoms with Gasteiger partial charge in [0.15, 0.2) is 0 Å². The van der Waals surface area contributed by atoms with Crippen LogP contribution in [-0.2, 0) is 30.9 Å². The Morgan fingerprint density at radius 1 is 0.727 bits per heavy atom. The van der Waals surface area contributed by atoms with Gasteiger partial charge in [0.05, 0.1) is 49.2 Å². The SMILES string of the molecule is COC(=O)N[C@H](C(=O)N1CCC[C@@H]1c1nc2ccc(-c3ccc4c(c3)C(F)(F)C(F)(F)c3cc(-c5cnc([C@@H]6CC7(CC7)CN6C(=O)[C@@H](NC(=O)OC)C(C)C)[nH]5)ccc3-4)cc2[nH]1)C(C)C. The lowest BCUT2D eigenvalue weighted by molar-refractivity contribution is -0.225. The monoisotopic (exact) mass is 912 g/mol. The average Bonchev–Trinajstić information content (AvgIpc) is 3.79. The van der Waals surface area contributed by atoms with Crippen LogP contribution in [0.4, 0.5) is 27.2 Å². The minimum absolute atomic E-state index is 0.0195. The number of halogens is 4. The van der Waals surface area contributed by atoms with Crippen LogP contribution >= 0.6 is 0 Å². The lowest BCUT2D eigenvalue weighted by Crippen LogP contribution is -2.51. The summed E-state index contributed by atoms with van der Waals surface area (Å²) in [6, 6.07) is 10.8. The number of carbonyl (C=O) groups is 4. The van der Waals surface area contributed by atoms with Crippen molar-refractivity contribution in [1.82, 2.24) is 40.4 Å². The average molecular weight is 913 g/mol. The maximum absolute atomic E-state index is 16.3. The van der Waals surface area contributed by atoms with Crippen LogP contribution < -0.4 is 10.6 Å². The number of benzene rings is 3. The van der Waals surface area contributed by atoms with Crippen LogP contribution in [0, 0.1) is 17.3 Å². The molecule has 14 nitrogen and oxygen atoms in total. The van der Waals surface area contributed by atoms with Crippen LogP contribution in [0.5, 0.6) is 0 Å². The van der Waals surface area contributed by atoms with Gasteiger partial charge in [0.1, 0.15) is 23.7 Å². The Balaban J connectivity index is 0.982. The number of carbonyl (C=O) groups excluding carboxylic acids is 4. The smallest absolute Gasteiger partial charge is 0.407 e. The molecule has 0 unspecified atom stereocenters. The number of nitrogens with zero attached hydrogens (tertiary/aromatic N) is 4. The molecular weight excluding hydrogens is 861 g/mol. The van der Waals surface area contributed by atoms with Crippen molar-refractivity contribution in [3.63, 3.8) is 0 Å². The van der Waals surface area contributed by atoms with Gasteiger partial charge in [-0.3, -0.25) is 9.59 Å². The van der Waals surface area contributed by atoms with Gasteiger partial charge in [0.2, 0.25) is 11.8 Å². The van der Waals surface area contributed by atoms with Crippen molar-refractivity contribution < 1.29 is 46.2 Å². The van der Waals surface area contributed by atoms with E-state index in [-0.39, 0.29) is 45.8 Å². The number of alkyl carbamates (subject to hydrolysis) is 2. The first-order chi connectivity index (χ1) is 31.4. The van der Waals surface area contributed by atoms with E-state index in [1.165, 1.54) is 32.5 Å². The molecule has 2 aromatic heterocycles. The summed E-state index contributed by atoms with van der Waals surface area (Å²) in [6.07, 6.45) is 3.85. The molecule has 66 heavy (non-hydrogen) atoms. The van der Waals surface area contributed by atoms with Crippen molar-refractivity contribution in [1.29, 1.82) is 0 Å². The van der Waals surface area contributed by atoms with E-state index < -0.39 is 59.3 Å². The molecule has 9 rings (SSSR count). The molecule has 5 aromatic rings. The predicted octanol–water partition coefficient (Wildman–Crippen LogP) is 8.96. The van der Waals surface area contributed by atoms with Gasteiger partial charge in [-0.1, -0.05) is 58.0 Å². The van der Waals surface area contributed by atoms with Gasteiger partial charge in [-0.2, -0.15) is 17.6 Å². The number of fused-ring (bicyclic) bond motifs is 4. The molecule has 1 spiro atoms. The van der Waals surface area contributed by atoms with Crippen molar-refractivity contribution in [2.75, 3.05) is 27.3 Å². The number of amides is 4. The highest BCUT2D eigenvalue weighted by atomic mass is 19.3. The van der Waals surface area contributed by atoms with Crippen molar-refractivity contribution in [2.24, 2.45) is 17.3 Å². The summed E-state index contributed by atoms with van der Waals surface area (Å²) in [7, 11) is 2.46. The van der Waals surface area contributed by atoms with E-state index in [0.717, 1.165) is 25.0 Å². The first-order valence-corrected chi connectivity index (χ1v) is 22.3. The highest BCUT2D eigenvalue weighted by Gasteiger charge is 2.63. The van der Waals surface area contributed by atoms with Crippen molar-refractivity contribution in [3.8, 4) is 33.5 Å². The lowest BCUT2D eigenvalue weighted by Gasteiger charge is -2.35. The third-order valence-electron chi connectivity index (χ3n) is 13.8. The molecule has 4 aliphatic rings. The molecule has 0 radical (unpaired) electrons. The fraction of sp³-hybridized carbons (Fsp3) is 0.458. The number of imidazole rings is 2. The molecule has 2 aliphatic carbocycles. The van der Waals surface area contributed by atoms with Crippen LogP contribution in [0.1, 0.15) is 94.7 Å². The van der Waals surface area contributed by atoms with E-state index >= 15 is 17.6 Å². The first-order valence-electron chi connectivity index (χ1n) is 22.3. The number of methoxy groups -OCH3 is 2. The van der Waals surface area contributed by atoms with Crippen LogP contribution in [0.25, 0.3) is 44.5 Å². The Morgan fingerprint density at radius 2 is 1.29 bits per heavy atom. The van der Waals surface area contributed by atoms with Crippen molar-refractivity contribution in [3.05, 3.63) is 83.6 Å². The number of nitrogens with one attached hydrogen (secondary N) is 4. The van der Waals surface area contributed by atoms with Gasteiger partial charge in [0.25, 0.3) is 0 Å². The zero-order chi connectivity index (χ0) is 47.0. The molecule has 3 aromatic carbocycles. The van der Waals surface area contributed by atoms with Crippen LogP contribution in [0.2, 0.25) is 0 Å². The van der Waals surface area contributed by atoms with Crippen LogP contribution in [0.3, 0.4) is 0 Å². The van der Waals surface area contributed by atoms with Gasteiger partial charge < -0.3 is 39.9 Å². The number of likely N-dealkylation sites (tertiary alicyclic amines) is 2. The Kier molecular flexibility index (Phi) is 11.1. The number of H-pyrrole nitrogens is 2. The molecule has 348 valence electrons. The number of hydrogen-bond acceptors (Lipinski definition) is 8. The fourth-order valence-corrected chi connectivity index (χ4v) is 9.92. The normalized spacial score (nSPS) is 20.8. The summed E-state index contributed by atoms with van der Waals surface area (Å²) in [5, 5.41) is 5.28.